The third-order valence-electron chi connectivity index (χ3n) is 2.64. The molecule has 3 N–H and O–H groups in total. The van der Waals surface area contributed by atoms with Crippen molar-refractivity contribution in [2.75, 3.05) is 26.4 Å². The lowest BCUT2D eigenvalue weighted by molar-refractivity contribution is 0.584. The number of hydrogen-bond donors (Lipinski definition) is 3. The summed E-state index contributed by atoms with van der Waals surface area (Å²) in [6.45, 7) is 1.58. The van der Waals surface area contributed by atoms with Gasteiger partial charge >= 0.3 is 0 Å². The summed E-state index contributed by atoms with van der Waals surface area (Å²) in [4.78, 5) is 4.09. The van der Waals surface area contributed by atoms with Crippen molar-refractivity contribution in [3.8, 4) is 0 Å². The van der Waals surface area contributed by atoms with E-state index in [-0.39, 0.29) is 24.0 Å². The molecule has 0 fully saturated rings. The number of nitrogens with zero attached hydrogens (tertiary/aromatic N) is 1. The SMILES string of the molecule is CN=C(NCCCNS(C)(=O)=O)NCc1ccccc1Cl.I. The molecule has 0 aliphatic rings. The Morgan fingerprint density at radius 2 is 1.91 bits per heavy atom. The molecule has 0 spiro atoms. The van der Waals surface area contributed by atoms with E-state index in [4.69, 9.17) is 11.6 Å². The van der Waals surface area contributed by atoms with Crippen LogP contribution in [0.25, 0.3) is 0 Å². The van der Waals surface area contributed by atoms with Crippen LogP contribution in [0, 0.1) is 0 Å². The Balaban J connectivity index is 0.00000441. The Hall–Kier alpha value is -0.580. The average molecular weight is 461 g/mol. The number of rotatable bonds is 7. The third-order valence-corrected chi connectivity index (χ3v) is 3.74. The predicted octanol–water partition coefficient (Wildman–Crippen LogP) is 1.56. The molecule has 0 bridgehead atoms. The maximum Gasteiger partial charge on any atom is 0.208 e. The van der Waals surface area contributed by atoms with Gasteiger partial charge in [-0.2, -0.15) is 0 Å². The lowest BCUT2D eigenvalue weighted by atomic mass is 10.2. The first-order chi connectivity index (χ1) is 9.92. The minimum atomic E-state index is -3.12. The minimum Gasteiger partial charge on any atom is -0.356 e. The number of sulfonamides is 1. The first kappa shape index (κ1) is 21.4. The molecule has 0 unspecified atom stereocenters. The molecule has 0 radical (unpaired) electrons. The second-order valence-electron chi connectivity index (χ2n) is 4.46. The summed E-state index contributed by atoms with van der Waals surface area (Å²) in [5.41, 5.74) is 0.987. The van der Waals surface area contributed by atoms with Gasteiger partial charge in [0.15, 0.2) is 5.96 Å². The van der Waals surface area contributed by atoms with E-state index >= 15 is 0 Å². The highest BCUT2D eigenvalue weighted by molar-refractivity contribution is 14.0. The fourth-order valence-corrected chi connectivity index (χ4v) is 2.31. The van der Waals surface area contributed by atoms with Crippen LogP contribution in [0.15, 0.2) is 29.3 Å². The third kappa shape index (κ3) is 9.44. The first-order valence-corrected chi connectivity index (χ1v) is 8.82. The summed E-state index contributed by atoms with van der Waals surface area (Å²) in [6, 6.07) is 7.59. The molecule has 0 amide bonds. The van der Waals surface area contributed by atoms with Crippen molar-refractivity contribution in [2.24, 2.45) is 4.99 Å². The highest BCUT2D eigenvalue weighted by Crippen LogP contribution is 2.13. The largest absolute Gasteiger partial charge is 0.356 e. The quantitative estimate of drug-likeness (QED) is 0.250. The van der Waals surface area contributed by atoms with Gasteiger partial charge in [0.05, 0.1) is 6.26 Å². The van der Waals surface area contributed by atoms with Crippen LogP contribution in [-0.2, 0) is 16.6 Å². The molecule has 0 aliphatic heterocycles. The zero-order valence-corrected chi connectivity index (χ0v) is 16.5. The van der Waals surface area contributed by atoms with E-state index in [2.05, 4.69) is 20.3 Å². The van der Waals surface area contributed by atoms with Crippen molar-refractivity contribution in [3.63, 3.8) is 0 Å². The van der Waals surface area contributed by atoms with E-state index in [1.54, 1.807) is 7.05 Å². The highest BCUT2D eigenvalue weighted by atomic mass is 127. The van der Waals surface area contributed by atoms with Gasteiger partial charge in [-0.3, -0.25) is 4.99 Å². The lowest BCUT2D eigenvalue weighted by Gasteiger charge is -2.12. The zero-order valence-electron chi connectivity index (χ0n) is 12.6. The van der Waals surface area contributed by atoms with Crippen molar-refractivity contribution in [1.29, 1.82) is 0 Å². The van der Waals surface area contributed by atoms with Crippen LogP contribution < -0.4 is 15.4 Å². The van der Waals surface area contributed by atoms with E-state index in [0.717, 1.165) is 11.8 Å². The van der Waals surface area contributed by atoms with E-state index in [1.807, 2.05) is 24.3 Å². The van der Waals surface area contributed by atoms with Crippen molar-refractivity contribution in [2.45, 2.75) is 13.0 Å². The smallest absolute Gasteiger partial charge is 0.208 e. The standard InChI is InChI=1S/C13H21ClN4O2S.HI/c1-15-13(16-8-5-9-18-21(2,19)20)17-10-11-6-3-4-7-12(11)14;/h3-4,6-7,18H,5,8-10H2,1-2H3,(H2,15,16,17);1H. The molecule has 1 aromatic rings. The van der Waals surface area contributed by atoms with E-state index in [0.29, 0.717) is 37.0 Å². The van der Waals surface area contributed by atoms with Crippen molar-refractivity contribution < 1.29 is 8.42 Å². The number of benzene rings is 1. The molecule has 9 heteroatoms. The van der Waals surface area contributed by atoms with Crippen LogP contribution in [-0.4, -0.2) is 40.8 Å². The Labute approximate surface area is 154 Å². The van der Waals surface area contributed by atoms with Crippen molar-refractivity contribution in [3.05, 3.63) is 34.9 Å². The molecule has 6 nitrogen and oxygen atoms in total. The maximum absolute atomic E-state index is 10.9. The zero-order chi connectivity index (χ0) is 15.7. The molecular formula is C13H22ClIN4O2S. The second-order valence-corrected chi connectivity index (χ2v) is 6.70. The summed E-state index contributed by atoms with van der Waals surface area (Å²) in [7, 11) is -1.44. The summed E-state index contributed by atoms with van der Waals surface area (Å²) in [5.74, 6) is 0.647. The van der Waals surface area contributed by atoms with Crippen molar-refractivity contribution >= 4 is 51.6 Å². The molecule has 22 heavy (non-hydrogen) atoms. The lowest BCUT2D eigenvalue weighted by Crippen LogP contribution is -2.38. The number of nitrogens with one attached hydrogen (secondary N) is 3. The topological polar surface area (TPSA) is 82.6 Å². The molecule has 0 heterocycles. The minimum absolute atomic E-state index is 0. The van der Waals surface area contributed by atoms with E-state index in [1.165, 1.54) is 0 Å². The number of guanidine groups is 1. The van der Waals surface area contributed by atoms with Gasteiger partial charge in [0, 0.05) is 31.7 Å². The Bertz CT molecular complexity index is 581. The monoisotopic (exact) mass is 460 g/mol. The van der Waals surface area contributed by atoms with Gasteiger partial charge in [-0.15, -0.1) is 24.0 Å². The predicted molar refractivity (Wildman–Crippen MR) is 103 cm³/mol. The van der Waals surface area contributed by atoms with Gasteiger partial charge in [0.1, 0.15) is 0 Å². The van der Waals surface area contributed by atoms with Gasteiger partial charge < -0.3 is 10.6 Å². The fraction of sp³-hybridized carbons (Fsp3) is 0.462. The van der Waals surface area contributed by atoms with Gasteiger partial charge in [-0.25, -0.2) is 13.1 Å². The molecule has 0 atom stereocenters. The summed E-state index contributed by atoms with van der Waals surface area (Å²) in [6.07, 6.45) is 1.81. The van der Waals surface area contributed by atoms with Crippen molar-refractivity contribution in [1.82, 2.24) is 15.4 Å². The molecule has 1 aromatic carbocycles. The van der Waals surface area contributed by atoms with Gasteiger partial charge in [-0.05, 0) is 18.1 Å². The number of hydrogen-bond acceptors (Lipinski definition) is 3. The normalized spacial score (nSPS) is 11.7. The molecule has 0 saturated heterocycles. The van der Waals surface area contributed by atoms with Gasteiger partial charge in [-0.1, -0.05) is 29.8 Å². The van der Waals surface area contributed by atoms with E-state index in [9.17, 15) is 8.42 Å². The maximum atomic E-state index is 10.9. The van der Waals surface area contributed by atoms with Crippen LogP contribution >= 0.6 is 35.6 Å². The Morgan fingerprint density at radius 1 is 1.23 bits per heavy atom. The van der Waals surface area contributed by atoms with Gasteiger partial charge in [0.2, 0.25) is 10.0 Å². The van der Waals surface area contributed by atoms with Crippen LogP contribution in [0.1, 0.15) is 12.0 Å². The second kappa shape index (κ2) is 11.0. The summed E-state index contributed by atoms with van der Waals surface area (Å²) in [5, 5.41) is 6.96. The fourth-order valence-electron chi connectivity index (χ4n) is 1.59. The molecule has 0 aromatic heterocycles. The number of halogens is 2. The Kier molecular flexibility index (Phi) is 10.7. The molecule has 126 valence electrons. The summed E-state index contributed by atoms with van der Waals surface area (Å²) >= 11 is 6.07. The Morgan fingerprint density at radius 3 is 2.50 bits per heavy atom. The molecular weight excluding hydrogens is 439 g/mol. The van der Waals surface area contributed by atoms with Gasteiger partial charge in [0.25, 0.3) is 0 Å². The van der Waals surface area contributed by atoms with E-state index < -0.39 is 10.0 Å². The molecule has 1 rings (SSSR count). The van der Waals surface area contributed by atoms with Crippen LogP contribution in [0.3, 0.4) is 0 Å². The summed E-state index contributed by atoms with van der Waals surface area (Å²) < 4.78 is 24.2. The molecule has 0 aliphatic carbocycles. The molecule has 0 saturated carbocycles. The van der Waals surface area contributed by atoms with Crippen LogP contribution in [0.5, 0.6) is 0 Å². The average Bonchev–Trinajstić information content (AvgIpc) is 2.42. The highest BCUT2D eigenvalue weighted by Gasteiger charge is 2.02. The first-order valence-electron chi connectivity index (χ1n) is 6.55. The number of aliphatic imine (C=N–C) groups is 1. The van der Waals surface area contributed by atoms with Crippen LogP contribution in [0.2, 0.25) is 5.02 Å². The van der Waals surface area contributed by atoms with Crippen LogP contribution in [0.4, 0.5) is 0 Å².